The molecule has 2 N–H and O–H groups in total. The van der Waals surface area contributed by atoms with Crippen molar-refractivity contribution in [2.75, 3.05) is 0 Å². The van der Waals surface area contributed by atoms with Crippen LogP contribution in [0.1, 0.15) is 142 Å². The summed E-state index contributed by atoms with van der Waals surface area (Å²) in [4.78, 5) is 16.3. The highest BCUT2D eigenvalue weighted by atomic mass is 79.9. The van der Waals surface area contributed by atoms with Crippen molar-refractivity contribution in [1.82, 2.24) is 0 Å². The van der Waals surface area contributed by atoms with Gasteiger partial charge in [0.1, 0.15) is 11.4 Å². The predicted octanol–water partition coefficient (Wildman–Crippen LogP) is 11.0. The maximum atomic E-state index is 13.7. The van der Waals surface area contributed by atoms with Gasteiger partial charge in [0.05, 0.1) is 15.4 Å². The van der Waals surface area contributed by atoms with E-state index in [1.165, 1.54) is 18.3 Å². The molecule has 2 unspecified atom stereocenters. The monoisotopic (exact) mass is 720 g/mol. The van der Waals surface area contributed by atoms with Gasteiger partial charge in [-0.1, -0.05) is 140 Å². The lowest BCUT2D eigenvalue weighted by Gasteiger charge is -2.41. The van der Waals surface area contributed by atoms with Crippen LogP contribution in [0.2, 0.25) is 0 Å². The summed E-state index contributed by atoms with van der Waals surface area (Å²) < 4.78 is 0.203. The van der Waals surface area contributed by atoms with Gasteiger partial charge in [-0.05, 0) is 76.9 Å². The average molecular weight is 722 g/mol. The molecule has 0 amide bonds. The fourth-order valence-electron chi connectivity index (χ4n) is 5.80. The van der Waals surface area contributed by atoms with Gasteiger partial charge in [0.15, 0.2) is 0 Å². The Balaban J connectivity index is 2.58. The van der Waals surface area contributed by atoms with E-state index in [2.05, 4.69) is 149 Å². The van der Waals surface area contributed by atoms with E-state index in [9.17, 15) is 20.3 Å². The van der Waals surface area contributed by atoms with Crippen molar-refractivity contribution in [2.45, 2.75) is 137 Å². The molecule has 7 heteroatoms. The molecular weight excluding hydrogens is 664 g/mol. The summed E-state index contributed by atoms with van der Waals surface area (Å²) in [5.74, 6) is -0.270. The van der Waals surface area contributed by atoms with Crippen molar-refractivity contribution in [3.63, 3.8) is 0 Å². The Kier molecular flexibility index (Phi) is 11.3. The number of non-ortho nitro benzene ring substituents is 1. The molecular formula is C41H57BrN2O4. The lowest BCUT2D eigenvalue weighted by molar-refractivity contribution is -0.385. The number of phenolic OH excluding ortho intramolecular Hbond substituents is 1. The molecule has 0 aliphatic heterocycles. The smallest absolute Gasteiger partial charge is 0.271 e. The Hall–Kier alpha value is -3.03. The van der Waals surface area contributed by atoms with Gasteiger partial charge in [-0.3, -0.25) is 15.1 Å². The van der Waals surface area contributed by atoms with E-state index in [0.29, 0.717) is 6.42 Å². The lowest BCUT2D eigenvalue weighted by Crippen LogP contribution is -2.44. The van der Waals surface area contributed by atoms with Crippen LogP contribution < -0.4 is 0 Å². The first-order valence-corrected chi connectivity index (χ1v) is 17.8. The third kappa shape index (κ3) is 8.57. The average Bonchev–Trinajstić information content (AvgIpc) is 2.96. The minimum Gasteiger partial charge on any atom is -0.506 e. The molecule has 3 rings (SSSR count). The second-order valence-corrected chi connectivity index (χ2v) is 18.4. The molecule has 3 aromatic rings. The van der Waals surface area contributed by atoms with E-state index in [1.54, 1.807) is 0 Å². The van der Waals surface area contributed by atoms with Gasteiger partial charge in [-0.2, -0.15) is 0 Å². The van der Waals surface area contributed by atoms with Crippen LogP contribution in [-0.2, 0) is 27.3 Å². The molecule has 0 aliphatic rings. The van der Waals surface area contributed by atoms with Crippen LogP contribution in [0.3, 0.4) is 0 Å². The molecule has 0 heterocycles. The second-order valence-electron chi connectivity index (χ2n) is 17.6. The van der Waals surface area contributed by atoms with E-state index in [-0.39, 0.29) is 49.1 Å². The summed E-state index contributed by atoms with van der Waals surface area (Å²) in [6, 6.07) is 14.9. The fraction of sp³-hybridized carbons (Fsp3) is 0.537. The third-order valence-corrected chi connectivity index (χ3v) is 10.1. The quantitative estimate of drug-likeness (QED) is 0.137. The molecule has 3 aromatic carbocycles. The third-order valence-electron chi connectivity index (χ3n) is 9.48. The Bertz CT molecular complexity index is 1540. The SMILES string of the molecule is CCC(C)C(N=Cc1cc([N+](=O)[O-])cc(Br)c1O)C(O)(c1cc(C(C)(C)C)cc(C(C)(C)C)c1)c1cc(C(C)(C)C)cc(C(C)(C)C)c1. The molecule has 0 bridgehead atoms. The van der Waals surface area contributed by atoms with Crippen molar-refractivity contribution < 1.29 is 15.1 Å². The number of nitrogens with zero attached hydrogens (tertiary/aromatic N) is 2. The number of hydrogen-bond donors (Lipinski definition) is 2. The minimum absolute atomic E-state index is 0.122. The topological polar surface area (TPSA) is 96.0 Å². The number of aliphatic hydroxyl groups is 1. The molecule has 6 nitrogen and oxygen atoms in total. The van der Waals surface area contributed by atoms with E-state index in [0.717, 1.165) is 33.4 Å². The molecule has 0 saturated heterocycles. The molecule has 0 spiro atoms. The summed E-state index contributed by atoms with van der Waals surface area (Å²) in [7, 11) is 0. The normalized spacial score (nSPS) is 14.8. The molecule has 0 radical (unpaired) electrons. The molecule has 0 fully saturated rings. The summed E-state index contributed by atoms with van der Waals surface area (Å²) in [6.07, 6.45) is 2.19. The van der Waals surface area contributed by atoms with Crippen LogP contribution in [0.15, 0.2) is 58.0 Å². The van der Waals surface area contributed by atoms with Crippen LogP contribution in [0.25, 0.3) is 0 Å². The number of benzene rings is 3. The van der Waals surface area contributed by atoms with Crippen LogP contribution in [0.4, 0.5) is 5.69 Å². The first-order chi connectivity index (χ1) is 21.7. The predicted molar refractivity (Wildman–Crippen MR) is 204 cm³/mol. The van der Waals surface area contributed by atoms with Crippen LogP contribution in [-0.4, -0.2) is 27.4 Å². The van der Waals surface area contributed by atoms with Gasteiger partial charge < -0.3 is 10.2 Å². The largest absolute Gasteiger partial charge is 0.506 e. The number of halogens is 1. The molecule has 0 aromatic heterocycles. The molecule has 0 saturated carbocycles. The standard InChI is InChI=1S/C41H57BrN2O4/c1-15-25(2)36(43-24-26-16-33(44(47)48)23-34(42)35(26)45)41(46,31-19-27(37(3,4)5)17-28(20-31)38(6,7)8)32-21-29(39(9,10)11)18-30(22-32)40(12,13)14/h16-25,36,45-46H,15H2,1-14H3. The van der Waals surface area contributed by atoms with Gasteiger partial charge in [-0.25, -0.2) is 0 Å². The van der Waals surface area contributed by atoms with Crippen molar-refractivity contribution in [3.8, 4) is 5.75 Å². The van der Waals surface area contributed by atoms with Crippen LogP contribution in [0, 0.1) is 16.0 Å². The van der Waals surface area contributed by atoms with E-state index in [4.69, 9.17) is 4.99 Å². The van der Waals surface area contributed by atoms with Gasteiger partial charge >= 0.3 is 0 Å². The number of aliphatic imine (C=N–C) groups is 1. The maximum absolute atomic E-state index is 13.7. The Morgan fingerprint density at radius 2 is 1.08 bits per heavy atom. The minimum atomic E-state index is -1.61. The Morgan fingerprint density at radius 1 is 0.729 bits per heavy atom. The van der Waals surface area contributed by atoms with Gasteiger partial charge in [0.25, 0.3) is 5.69 Å². The van der Waals surface area contributed by atoms with Crippen molar-refractivity contribution in [2.24, 2.45) is 10.9 Å². The van der Waals surface area contributed by atoms with E-state index < -0.39 is 16.6 Å². The molecule has 48 heavy (non-hydrogen) atoms. The highest BCUT2D eigenvalue weighted by molar-refractivity contribution is 9.10. The van der Waals surface area contributed by atoms with E-state index in [1.807, 2.05) is 0 Å². The molecule has 2 atom stereocenters. The summed E-state index contributed by atoms with van der Waals surface area (Å²) in [6.45, 7) is 30.4. The number of phenols is 1. The molecule has 0 aliphatic carbocycles. The number of aromatic hydroxyl groups is 1. The Morgan fingerprint density at radius 3 is 1.40 bits per heavy atom. The zero-order valence-corrected chi connectivity index (χ0v) is 33.1. The van der Waals surface area contributed by atoms with Crippen molar-refractivity contribution >= 4 is 27.8 Å². The highest BCUT2D eigenvalue weighted by Gasteiger charge is 2.45. The summed E-state index contributed by atoms with van der Waals surface area (Å²) in [5.41, 5.74) is 3.56. The first-order valence-electron chi connectivity index (χ1n) is 17.0. The van der Waals surface area contributed by atoms with E-state index >= 15 is 0 Å². The highest BCUT2D eigenvalue weighted by Crippen LogP contribution is 2.45. The summed E-state index contributed by atoms with van der Waals surface area (Å²) in [5, 5.41) is 36.4. The molecule has 262 valence electrons. The van der Waals surface area contributed by atoms with Crippen molar-refractivity contribution in [1.29, 1.82) is 0 Å². The zero-order chi connectivity index (χ0) is 36.8. The number of hydrogen-bond acceptors (Lipinski definition) is 5. The lowest BCUT2D eigenvalue weighted by atomic mass is 9.69. The number of nitro groups is 1. The first kappa shape index (κ1) is 39.4. The van der Waals surface area contributed by atoms with Gasteiger partial charge in [0.2, 0.25) is 0 Å². The summed E-state index contributed by atoms with van der Waals surface area (Å²) >= 11 is 3.27. The van der Waals surface area contributed by atoms with Crippen LogP contribution >= 0.6 is 15.9 Å². The maximum Gasteiger partial charge on any atom is 0.271 e. The second kappa shape index (κ2) is 13.7. The van der Waals surface area contributed by atoms with Gasteiger partial charge in [-0.15, -0.1) is 0 Å². The van der Waals surface area contributed by atoms with Gasteiger partial charge in [0, 0.05) is 23.9 Å². The fourth-order valence-corrected chi connectivity index (χ4v) is 6.26. The Labute approximate surface area is 297 Å². The van der Waals surface area contributed by atoms with Crippen molar-refractivity contribution in [3.05, 3.63) is 102 Å². The van der Waals surface area contributed by atoms with Crippen LogP contribution in [0.5, 0.6) is 5.75 Å². The number of rotatable bonds is 8. The zero-order valence-electron chi connectivity index (χ0n) is 31.5. The number of nitro benzene ring substituents is 1.